The summed E-state index contributed by atoms with van der Waals surface area (Å²) in [6.45, 7) is 1.47. The second-order valence-electron chi connectivity index (χ2n) is 7.27. The number of alkyl halides is 3. The van der Waals surface area contributed by atoms with Crippen molar-refractivity contribution in [2.75, 3.05) is 19.6 Å². The van der Waals surface area contributed by atoms with Gasteiger partial charge in [0, 0.05) is 26.2 Å². The summed E-state index contributed by atoms with van der Waals surface area (Å²) in [6.07, 6.45) is -3.79. The van der Waals surface area contributed by atoms with Crippen LogP contribution in [0.4, 0.5) is 13.2 Å². The number of carbonyl (C=O) groups is 2. The van der Waals surface area contributed by atoms with Gasteiger partial charge in [0.15, 0.2) is 0 Å². The molecule has 1 unspecified atom stereocenters. The smallest absolute Gasteiger partial charge is 0.356 e. The lowest BCUT2D eigenvalue weighted by atomic mass is 10.0. The second kappa shape index (κ2) is 9.75. The summed E-state index contributed by atoms with van der Waals surface area (Å²) in [6, 6.07) is 14.0. The van der Waals surface area contributed by atoms with Crippen molar-refractivity contribution in [2.24, 2.45) is 0 Å². The normalized spacial score (nSPS) is 17.4. The molecule has 2 amide bonds. The molecule has 160 valence electrons. The van der Waals surface area contributed by atoms with Gasteiger partial charge in [-0.2, -0.15) is 13.2 Å². The summed E-state index contributed by atoms with van der Waals surface area (Å²) in [5.41, 5.74) is 0.824. The molecule has 5 nitrogen and oxygen atoms in total. The van der Waals surface area contributed by atoms with Crippen molar-refractivity contribution in [3.63, 3.8) is 0 Å². The molecule has 1 fully saturated rings. The fourth-order valence-corrected chi connectivity index (χ4v) is 3.49. The Labute approximate surface area is 173 Å². The molecule has 1 saturated heterocycles. The van der Waals surface area contributed by atoms with Crippen LogP contribution >= 0.6 is 0 Å². The molecule has 2 aromatic rings. The Morgan fingerprint density at radius 2 is 1.83 bits per heavy atom. The molecule has 2 aromatic carbocycles. The molecule has 0 aromatic heterocycles. The van der Waals surface area contributed by atoms with Crippen LogP contribution in [0, 0.1) is 0 Å². The average molecular weight is 419 g/mol. The summed E-state index contributed by atoms with van der Waals surface area (Å²) in [7, 11) is 0. The Morgan fingerprint density at radius 1 is 1.10 bits per heavy atom. The third-order valence-corrected chi connectivity index (χ3v) is 5.04. The van der Waals surface area contributed by atoms with Crippen LogP contribution < -0.4 is 10.6 Å². The highest BCUT2D eigenvalue weighted by molar-refractivity contribution is 5.88. The Balaban J connectivity index is 1.59. The topological polar surface area (TPSA) is 61.4 Å². The zero-order valence-electron chi connectivity index (χ0n) is 16.4. The van der Waals surface area contributed by atoms with Crippen molar-refractivity contribution in [2.45, 2.75) is 31.6 Å². The number of carbonyl (C=O) groups excluding carboxylic acids is 2. The minimum atomic E-state index is -4.42. The largest absolute Gasteiger partial charge is 0.416 e. The summed E-state index contributed by atoms with van der Waals surface area (Å²) in [5, 5.41) is 5.55. The van der Waals surface area contributed by atoms with Crippen molar-refractivity contribution in [3.05, 3.63) is 71.3 Å². The number of hydrogen-bond donors (Lipinski definition) is 2. The molecule has 0 spiro atoms. The molecule has 3 rings (SSSR count). The van der Waals surface area contributed by atoms with Crippen LogP contribution in [0.25, 0.3) is 0 Å². The lowest BCUT2D eigenvalue weighted by Crippen LogP contribution is -2.56. The van der Waals surface area contributed by atoms with Gasteiger partial charge in [-0.15, -0.1) is 0 Å². The molecule has 1 aliphatic heterocycles. The van der Waals surface area contributed by atoms with E-state index >= 15 is 0 Å². The minimum absolute atomic E-state index is 0.0421. The van der Waals surface area contributed by atoms with Crippen LogP contribution in [0.3, 0.4) is 0 Å². The standard InChI is InChI=1S/C22H24F3N3O2/c23-22(24,25)18-8-4-7-17(13-18)15-28-12-11-27-21(30)19(28)14-20(29)26-10-9-16-5-2-1-3-6-16/h1-8,13,19H,9-12,14-15H2,(H,26,29)(H,27,30). The molecule has 0 radical (unpaired) electrons. The molecule has 30 heavy (non-hydrogen) atoms. The lowest BCUT2D eigenvalue weighted by molar-refractivity contribution is -0.137. The van der Waals surface area contributed by atoms with E-state index in [1.807, 2.05) is 30.3 Å². The molecule has 1 aliphatic rings. The van der Waals surface area contributed by atoms with Gasteiger partial charge in [0.25, 0.3) is 0 Å². The van der Waals surface area contributed by atoms with Gasteiger partial charge in [-0.05, 0) is 23.6 Å². The summed E-state index contributed by atoms with van der Waals surface area (Å²) < 4.78 is 38.9. The average Bonchev–Trinajstić information content (AvgIpc) is 2.71. The first-order valence-electron chi connectivity index (χ1n) is 9.81. The van der Waals surface area contributed by atoms with Crippen molar-refractivity contribution in [3.8, 4) is 0 Å². The number of nitrogens with zero attached hydrogens (tertiary/aromatic N) is 1. The lowest BCUT2D eigenvalue weighted by Gasteiger charge is -2.34. The van der Waals surface area contributed by atoms with E-state index in [-0.39, 0.29) is 24.8 Å². The first-order chi connectivity index (χ1) is 14.3. The van der Waals surface area contributed by atoms with Gasteiger partial charge in [-0.1, -0.05) is 48.5 Å². The first kappa shape index (κ1) is 21.8. The fourth-order valence-electron chi connectivity index (χ4n) is 3.49. The number of hydrogen-bond acceptors (Lipinski definition) is 3. The van der Waals surface area contributed by atoms with Gasteiger partial charge in [0.05, 0.1) is 18.0 Å². The van der Waals surface area contributed by atoms with Gasteiger partial charge < -0.3 is 10.6 Å². The molecule has 1 heterocycles. The summed E-state index contributed by atoms with van der Waals surface area (Å²) in [5.74, 6) is -0.548. The highest BCUT2D eigenvalue weighted by atomic mass is 19.4. The van der Waals surface area contributed by atoms with Crippen molar-refractivity contribution in [1.82, 2.24) is 15.5 Å². The van der Waals surface area contributed by atoms with E-state index in [0.29, 0.717) is 31.6 Å². The number of piperazine rings is 1. The van der Waals surface area contributed by atoms with E-state index in [1.165, 1.54) is 6.07 Å². The number of rotatable bonds is 7. The fraction of sp³-hybridized carbons (Fsp3) is 0.364. The first-order valence-corrected chi connectivity index (χ1v) is 9.81. The molecule has 8 heteroatoms. The molecule has 1 atom stereocenters. The van der Waals surface area contributed by atoms with Crippen LogP contribution in [0.15, 0.2) is 54.6 Å². The Morgan fingerprint density at radius 3 is 2.57 bits per heavy atom. The monoisotopic (exact) mass is 419 g/mol. The van der Waals surface area contributed by atoms with Crippen LogP contribution in [0.1, 0.15) is 23.1 Å². The van der Waals surface area contributed by atoms with Gasteiger partial charge in [0.2, 0.25) is 11.8 Å². The van der Waals surface area contributed by atoms with E-state index < -0.39 is 17.8 Å². The zero-order valence-corrected chi connectivity index (χ0v) is 16.4. The zero-order chi connectivity index (χ0) is 21.6. The second-order valence-corrected chi connectivity index (χ2v) is 7.27. The highest BCUT2D eigenvalue weighted by Crippen LogP contribution is 2.30. The minimum Gasteiger partial charge on any atom is -0.356 e. The van der Waals surface area contributed by atoms with E-state index in [9.17, 15) is 22.8 Å². The maximum atomic E-state index is 13.0. The van der Waals surface area contributed by atoms with Crippen molar-refractivity contribution >= 4 is 11.8 Å². The molecule has 2 N–H and O–H groups in total. The van der Waals surface area contributed by atoms with E-state index in [0.717, 1.165) is 17.7 Å². The van der Waals surface area contributed by atoms with Crippen LogP contribution in [0.5, 0.6) is 0 Å². The van der Waals surface area contributed by atoms with E-state index in [1.54, 1.807) is 11.0 Å². The molecule has 0 saturated carbocycles. The highest BCUT2D eigenvalue weighted by Gasteiger charge is 2.33. The molecule has 0 aliphatic carbocycles. The van der Waals surface area contributed by atoms with Crippen molar-refractivity contribution in [1.29, 1.82) is 0 Å². The quantitative estimate of drug-likeness (QED) is 0.726. The predicted octanol–water partition coefficient (Wildman–Crippen LogP) is 2.75. The molecular formula is C22H24F3N3O2. The Kier molecular flexibility index (Phi) is 7.10. The number of amides is 2. The number of nitrogens with one attached hydrogen (secondary N) is 2. The van der Waals surface area contributed by atoms with Crippen LogP contribution in [0.2, 0.25) is 0 Å². The van der Waals surface area contributed by atoms with Gasteiger partial charge in [0.1, 0.15) is 0 Å². The van der Waals surface area contributed by atoms with E-state index in [4.69, 9.17) is 0 Å². The predicted molar refractivity (Wildman–Crippen MR) is 106 cm³/mol. The number of benzene rings is 2. The summed E-state index contributed by atoms with van der Waals surface area (Å²) >= 11 is 0. The SMILES string of the molecule is O=C(CC1C(=O)NCCN1Cc1cccc(C(F)(F)F)c1)NCCc1ccccc1. The van der Waals surface area contributed by atoms with Crippen LogP contribution in [-0.2, 0) is 28.7 Å². The summed E-state index contributed by atoms with van der Waals surface area (Å²) in [4.78, 5) is 26.5. The van der Waals surface area contributed by atoms with Gasteiger partial charge >= 0.3 is 6.18 Å². The Bertz CT molecular complexity index is 871. The maximum Gasteiger partial charge on any atom is 0.416 e. The molecular weight excluding hydrogens is 395 g/mol. The molecule has 0 bridgehead atoms. The van der Waals surface area contributed by atoms with Gasteiger partial charge in [-0.3, -0.25) is 14.5 Å². The van der Waals surface area contributed by atoms with E-state index in [2.05, 4.69) is 10.6 Å². The third kappa shape index (κ3) is 6.06. The van der Waals surface area contributed by atoms with Gasteiger partial charge in [-0.25, -0.2) is 0 Å². The number of halogens is 3. The Hall–Kier alpha value is -2.87. The third-order valence-electron chi connectivity index (χ3n) is 5.04. The maximum absolute atomic E-state index is 13.0. The van der Waals surface area contributed by atoms with Crippen molar-refractivity contribution < 1.29 is 22.8 Å². The van der Waals surface area contributed by atoms with Crippen LogP contribution in [-0.4, -0.2) is 42.4 Å².